The van der Waals surface area contributed by atoms with Gasteiger partial charge >= 0.3 is 0 Å². The van der Waals surface area contributed by atoms with E-state index in [2.05, 4.69) is 0 Å². The van der Waals surface area contributed by atoms with Crippen molar-refractivity contribution < 1.29 is 9.53 Å². The molecule has 4 nitrogen and oxygen atoms in total. The van der Waals surface area contributed by atoms with E-state index in [1.165, 1.54) is 0 Å². The lowest BCUT2D eigenvalue weighted by Crippen LogP contribution is -2.13. The predicted molar refractivity (Wildman–Crippen MR) is 56.6 cm³/mol. The molecule has 4 heteroatoms. The summed E-state index contributed by atoms with van der Waals surface area (Å²) in [4.78, 5) is 12.0. The van der Waals surface area contributed by atoms with Crippen molar-refractivity contribution in [2.45, 2.75) is 13.0 Å². The minimum Gasteiger partial charge on any atom is -0.381 e. The molecular formula is C11H16N2O2. The van der Waals surface area contributed by atoms with Crippen LogP contribution in [-0.2, 0) is 18.3 Å². The Hall–Kier alpha value is -1.13. The molecule has 0 radical (unpaired) electrons. The fourth-order valence-electron chi connectivity index (χ4n) is 1.92. The van der Waals surface area contributed by atoms with Crippen LogP contribution in [0.5, 0.6) is 0 Å². The average Bonchev–Trinajstić information content (AvgIpc) is 2.85. The number of Topliss-reactive ketones (excluding diaryl/α,β-unsaturated/α-hetero) is 1. The van der Waals surface area contributed by atoms with Crippen molar-refractivity contribution in [3.8, 4) is 0 Å². The minimum atomic E-state index is 0.0398. The molecule has 0 amide bonds. The van der Waals surface area contributed by atoms with Gasteiger partial charge in [0.05, 0.1) is 6.61 Å². The van der Waals surface area contributed by atoms with Gasteiger partial charge in [0.1, 0.15) is 0 Å². The summed E-state index contributed by atoms with van der Waals surface area (Å²) in [5.41, 5.74) is 7.30. The molecule has 1 aromatic rings. The van der Waals surface area contributed by atoms with E-state index in [4.69, 9.17) is 10.5 Å². The summed E-state index contributed by atoms with van der Waals surface area (Å²) in [5.74, 6) is 0.223. The van der Waals surface area contributed by atoms with E-state index in [0.717, 1.165) is 17.7 Å². The number of ether oxygens (including phenoxy) is 1. The van der Waals surface area contributed by atoms with Gasteiger partial charge in [0, 0.05) is 43.6 Å². The third-order valence-electron chi connectivity index (χ3n) is 2.90. The lowest BCUT2D eigenvalue weighted by atomic mass is 9.99. The maximum Gasteiger partial charge on any atom is 0.169 e. The molecule has 1 unspecified atom stereocenters. The Kier molecular flexibility index (Phi) is 2.88. The van der Waals surface area contributed by atoms with Crippen molar-refractivity contribution in [3.05, 3.63) is 23.5 Å². The number of hydrogen-bond acceptors (Lipinski definition) is 3. The van der Waals surface area contributed by atoms with Crippen molar-refractivity contribution in [2.75, 3.05) is 13.2 Å². The minimum absolute atomic E-state index is 0.0398. The molecule has 1 fully saturated rings. The van der Waals surface area contributed by atoms with E-state index in [-0.39, 0.29) is 11.7 Å². The van der Waals surface area contributed by atoms with Crippen molar-refractivity contribution in [3.63, 3.8) is 0 Å². The Morgan fingerprint density at radius 3 is 3.07 bits per heavy atom. The van der Waals surface area contributed by atoms with Gasteiger partial charge in [0.15, 0.2) is 5.78 Å². The van der Waals surface area contributed by atoms with Crippen LogP contribution in [0.25, 0.3) is 0 Å². The number of carbonyl (C=O) groups is 1. The SMILES string of the molecule is Cn1cc(C(=O)C2CCOC2)cc1CN. The zero-order valence-electron chi connectivity index (χ0n) is 8.90. The molecule has 2 rings (SSSR count). The molecular weight excluding hydrogens is 192 g/mol. The first kappa shape index (κ1) is 10.4. The van der Waals surface area contributed by atoms with Crippen LogP contribution in [0.15, 0.2) is 12.3 Å². The van der Waals surface area contributed by atoms with Gasteiger partial charge in [0.25, 0.3) is 0 Å². The second-order valence-corrected chi connectivity index (χ2v) is 3.96. The molecule has 1 atom stereocenters. The lowest BCUT2D eigenvalue weighted by molar-refractivity contribution is 0.0900. The molecule has 0 saturated carbocycles. The van der Waals surface area contributed by atoms with Gasteiger partial charge in [-0.1, -0.05) is 0 Å². The summed E-state index contributed by atoms with van der Waals surface area (Å²) in [7, 11) is 1.91. The number of aryl methyl sites for hydroxylation is 1. The molecule has 0 bridgehead atoms. The quantitative estimate of drug-likeness (QED) is 0.744. The molecule has 2 heterocycles. The highest BCUT2D eigenvalue weighted by Gasteiger charge is 2.25. The Balaban J connectivity index is 2.17. The summed E-state index contributed by atoms with van der Waals surface area (Å²) in [6.45, 7) is 1.73. The monoisotopic (exact) mass is 208 g/mol. The normalized spacial score (nSPS) is 20.8. The summed E-state index contributed by atoms with van der Waals surface area (Å²) in [6.07, 6.45) is 2.69. The number of nitrogens with zero attached hydrogens (tertiary/aromatic N) is 1. The van der Waals surface area contributed by atoms with E-state index in [0.29, 0.717) is 19.8 Å². The maximum absolute atomic E-state index is 12.0. The van der Waals surface area contributed by atoms with Crippen molar-refractivity contribution in [2.24, 2.45) is 18.7 Å². The Bertz CT molecular complexity index is 365. The predicted octanol–water partition coefficient (Wildman–Crippen LogP) is 0.703. The van der Waals surface area contributed by atoms with E-state index >= 15 is 0 Å². The van der Waals surface area contributed by atoms with Crippen molar-refractivity contribution in [1.82, 2.24) is 4.57 Å². The van der Waals surface area contributed by atoms with E-state index in [1.807, 2.05) is 23.9 Å². The summed E-state index contributed by atoms with van der Waals surface area (Å²) >= 11 is 0. The third-order valence-corrected chi connectivity index (χ3v) is 2.90. The zero-order chi connectivity index (χ0) is 10.8. The van der Waals surface area contributed by atoms with E-state index in [1.54, 1.807) is 0 Å². The summed E-state index contributed by atoms with van der Waals surface area (Å²) in [6, 6.07) is 1.88. The molecule has 15 heavy (non-hydrogen) atoms. The second kappa shape index (κ2) is 4.16. The topological polar surface area (TPSA) is 57.2 Å². The molecule has 82 valence electrons. The average molecular weight is 208 g/mol. The molecule has 2 N–H and O–H groups in total. The molecule has 0 aromatic carbocycles. The summed E-state index contributed by atoms with van der Waals surface area (Å²) < 4.78 is 7.12. The van der Waals surface area contributed by atoms with Crippen LogP contribution in [0, 0.1) is 5.92 Å². The highest BCUT2D eigenvalue weighted by atomic mass is 16.5. The first-order valence-corrected chi connectivity index (χ1v) is 5.19. The Morgan fingerprint density at radius 1 is 1.73 bits per heavy atom. The standard InChI is InChI=1S/C11H16N2O2/c1-13-6-9(4-10(13)5-12)11(14)8-2-3-15-7-8/h4,6,8H,2-3,5,7,12H2,1H3. The fraction of sp³-hybridized carbons (Fsp3) is 0.545. The number of carbonyl (C=O) groups excluding carboxylic acids is 1. The van der Waals surface area contributed by atoms with E-state index in [9.17, 15) is 4.79 Å². The van der Waals surface area contributed by atoms with Crippen LogP contribution in [0.4, 0.5) is 0 Å². The Labute approximate surface area is 89.0 Å². The van der Waals surface area contributed by atoms with Crippen LogP contribution < -0.4 is 5.73 Å². The van der Waals surface area contributed by atoms with Gasteiger partial charge < -0.3 is 15.0 Å². The first-order chi connectivity index (χ1) is 7.22. The smallest absolute Gasteiger partial charge is 0.169 e. The number of ketones is 1. The number of rotatable bonds is 3. The molecule has 1 aliphatic heterocycles. The lowest BCUT2D eigenvalue weighted by Gasteiger charge is -2.03. The number of hydrogen-bond donors (Lipinski definition) is 1. The third kappa shape index (κ3) is 1.96. The largest absolute Gasteiger partial charge is 0.381 e. The van der Waals surface area contributed by atoms with Crippen molar-refractivity contribution in [1.29, 1.82) is 0 Å². The molecule has 0 spiro atoms. The number of aromatic nitrogens is 1. The van der Waals surface area contributed by atoms with Gasteiger partial charge in [0.2, 0.25) is 0 Å². The van der Waals surface area contributed by atoms with Crippen LogP contribution in [0.1, 0.15) is 22.5 Å². The van der Waals surface area contributed by atoms with E-state index < -0.39 is 0 Å². The van der Waals surface area contributed by atoms with Crippen LogP contribution >= 0.6 is 0 Å². The first-order valence-electron chi connectivity index (χ1n) is 5.19. The summed E-state index contributed by atoms with van der Waals surface area (Å²) in [5, 5.41) is 0. The maximum atomic E-state index is 12.0. The van der Waals surface area contributed by atoms with Gasteiger partial charge in [-0.05, 0) is 12.5 Å². The highest BCUT2D eigenvalue weighted by Crippen LogP contribution is 2.19. The van der Waals surface area contributed by atoms with Gasteiger partial charge in [-0.2, -0.15) is 0 Å². The Morgan fingerprint density at radius 2 is 2.53 bits per heavy atom. The van der Waals surface area contributed by atoms with Gasteiger partial charge in [-0.3, -0.25) is 4.79 Å². The van der Waals surface area contributed by atoms with Crippen LogP contribution in [-0.4, -0.2) is 23.6 Å². The van der Waals surface area contributed by atoms with Crippen LogP contribution in [0.2, 0.25) is 0 Å². The molecule has 0 aliphatic carbocycles. The fourth-order valence-corrected chi connectivity index (χ4v) is 1.92. The highest BCUT2D eigenvalue weighted by molar-refractivity contribution is 5.98. The van der Waals surface area contributed by atoms with Crippen LogP contribution in [0.3, 0.4) is 0 Å². The molecule has 1 saturated heterocycles. The van der Waals surface area contributed by atoms with Gasteiger partial charge in [-0.15, -0.1) is 0 Å². The second-order valence-electron chi connectivity index (χ2n) is 3.96. The van der Waals surface area contributed by atoms with Crippen molar-refractivity contribution >= 4 is 5.78 Å². The van der Waals surface area contributed by atoms with Gasteiger partial charge in [-0.25, -0.2) is 0 Å². The number of nitrogens with two attached hydrogens (primary N) is 1. The molecule has 1 aromatic heterocycles. The zero-order valence-corrected chi connectivity index (χ0v) is 8.90. The molecule has 1 aliphatic rings.